The lowest BCUT2D eigenvalue weighted by Gasteiger charge is -2.48. The van der Waals surface area contributed by atoms with Crippen molar-refractivity contribution in [1.29, 1.82) is 0 Å². The number of anilines is 1. The van der Waals surface area contributed by atoms with E-state index >= 15 is 0 Å². The summed E-state index contributed by atoms with van der Waals surface area (Å²) in [5.41, 5.74) is 4.50. The normalized spacial score (nSPS) is 25.2. The van der Waals surface area contributed by atoms with Crippen molar-refractivity contribution in [2.75, 3.05) is 24.5 Å². The molecule has 1 N–H and O–H groups in total. The lowest BCUT2D eigenvalue weighted by molar-refractivity contribution is 0.231. The highest BCUT2D eigenvalue weighted by Gasteiger charge is 2.36. The van der Waals surface area contributed by atoms with Gasteiger partial charge in [-0.2, -0.15) is 0 Å². The number of hydrogen-bond donors (Lipinski definition) is 1. The highest BCUT2D eigenvalue weighted by Crippen LogP contribution is 2.38. The van der Waals surface area contributed by atoms with E-state index in [9.17, 15) is 0 Å². The molecule has 0 spiro atoms. The van der Waals surface area contributed by atoms with E-state index in [0.717, 1.165) is 12.0 Å². The highest BCUT2D eigenvalue weighted by molar-refractivity contribution is 5.58. The molecule has 0 radical (unpaired) electrons. The first kappa shape index (κ1) is 13.9. The van der Waals surface area contributed by atoms with Gasteiger partial charge in [0.05, 0.1) is 0 Å². The fourth-order valence-corrected chi connectivity index (χ4v) is 3.76. The summed E-state index contributed by atoms with van der Waals surface area (Å²) in [6.07, 6.45) is 6.61. The number of nitrogens with one attached hydrogen (secondary N) is 1. The van der Waals surface area contributed by atoms with E-state index in [2.05, 4.69) is 42.3 Å². The van der Waals surface area contributed by atoms with Crippen molar-refractivity contribution < 1.29 is 0 Å². The Morgan fingerprint density at radius 1 is 1.30 bits per heavy atom. The molecule has 1 aliphatic heterocycles. The summed E-state index contributed by atoms with van der Waals surface area (Å²) in [5, 5.41) is 3.61. The van der Waals surface area contributed by atoms with Crippen LogP contribution in [0.3, 0.4) is 0 Å². The van der Waals surface area contributed by atoms with Crippen LogP contribution in [0.25, 0.3) is 0 Å². The Bertz CT molecular complexity index is 455. The predicted molar refractivity (Wildman–Crippen MR) is 86.5 cm³/mol. The molecular weight excluding hydrogens is 244 g/mol. The molecule has 0 aromatic heterocycles. The van der Waals surface area contributed by atoms with Crippen molar-refractivity contribution in [2.24, 2.45) is 5.92 Å². The number of nitrogens with zero attached hydrogens (tertiary/aromatic N) is 1. The number of hydrogen-bond acceptors (Lipinski definition) is 2. The molecule has 1 saturated carbocycles. The summed E-state index contributed by atoms with van der Waals surface area (Å²) < 4.78 is 0. The van der Waals surface area contributed by atoms with Crippen LogP contribution in [-0.2, 0) is 6.42 Å². The van der Waals surface area contributed by atoms with Gasteiger partial charge in [-0.15, -0.1) is 0 Å². The van der Waals surface area contributed by atoms with Crippen molar-refractivity contribution in [1.82, 2.24) is 5.32 Å². The van der Waals surface area contributed by atoms with Gasteiger partial charge in [0.15, 0.2) is 0 Å². The summed E-state index contributed by atoms with van der Waals surface area (Å²) in [5.74, 6) is 0.855. The fourth-order valence-electron chi connectivity index (χ4n) is 3.76. The molecule has 2 unspecified atom stereocenters. The largest absolute Gasteiger partial charge is 0.368 e. The third-order valence-corrected chi connectivity index (χ3v) is 5.00. The number of fused-ring (bicyclic) bond motifs is 1. The van der Waals surface area contributed by atoms with Gasteiger partial charge in [0, 0.05) is 18.3 Å². The molecule has 2 atom stereocenters. The second kappa shape index (κ2) is 6.17. The zero-order valence-corrected chi connectivity index (χ0v) is 13.0. The Hall–Kier alpha value is -1.02. The molecule has 0 bridgehead atoms. The minimum absolute atomic E-state index is 0.779. The number of rotatable bonds is 5. The molecule has 3 rings (SSSR count). The quantitative estimate of drug-likeness (QED) is 0.825. The summed E-state index contributed by atoms with van der Waals surface area (Å²) in [7, 11) is 0. The van der Waals surface area contributed by atoms with Crippen molar-refractivity contribution in [2.45, 2.75) is 52.0 Å². The van der Waals surface area contributed by atoms with E-state index in [-0.39, 0.29) is 0 Å². The SMILES string of the molecule is CCCNCC1CCC1N1CCCc2cc(C)ccc21. The average Bonchev–Trinajstić information content (AvgIpc) is 2.42. The van der Waals surface area contributed by atoms with Crippen molar-refractivity contribution >= 4 is 5.69 Å². The lowest BCUT2D eigenvalue weighted by Crippen LogP contribution is -2.52. The van der Waals surface area contributed by atoms with Crippen LogP contribution in [-0.4, -0.2) is 25.7 Å². The van der Waals surface area contributed by atoms with Gasteiger partial charge in [0.25, 0.3) is 0 Å². The maximum atomic E-state index is 3.61. The van der Waals surface area contributed by atoms with Gasteiger partial charge in [-0.25, -0.2) is 0 Å². The maximum absolute atomic E-state index is 3.61. The van der Waals surface area contributed by atoms with Gasteiger partial charge in [0.2, 0.25) is 0 Å². The summed E-state index contributed by atoms with van der Waals surface area (Å²) in [6, 6.07) is 7.81. The Kier molecular flexibility index (Phi) is 4.30. The topological polar surface area (TPSA) is 15.3 Å². The minimum atomic E-state index is 0.779. The zero-order chi connectivity index (χ0) is 13.9. The molecular formula is C18H28N2. The van der Waals surface area contributed by atoms with Crippen LogP contribution in [0.15, 0.2) is 18.2 Å². The monoisotopic (exact) mass is 272 g/mol. The van der Waals surface area contributed by atoms with E-state index in [0.29, 0.717) is 0 Å². The molecule has 1 fully saturated rings. The zero-order valence-electron chi connectivity index (χ0n) is 13.0. The Morgan fingerprint density at radius 3 is 2.95 bits per heavy atom. The summed E-state index contributed by atoms with van der Waals surface area (Å²) >= 11 is 0. The van der Waals surface area contributed by atoms with Crippen LogP contribution >= 0.6 is 0 Å². The first-order chi connectivity index (χ1) is 9.79. The lowest BCUT2D eigenvalue weighted by atomic mass is 9.77. The Labute approximate surface area is 123 Å². The molecule has 1 aromatic rings. The molecule has 2 aliphatic rings. The van der Waals surface area contributed by atoms with Crippen LogP contribution < -0.4 is 10.2 Å². The second-order valence-corrected chi connectivity index (χ2v) is 6.54. The van der Waals surface area contributed by atoms with Gasteiger partial charge in [0.1, 0.15) is 0 Å². The van der Waals surface area contributed by atoms with Crippen LogP contribution in [0.2, 0.25) is 0 Å². The standard InChI is InChI=1S/C18H28N2/c1-3-10-19-13-16-7-9-18(16)20-11-4-5-15-12-14(2)6-8-17(15)20/h6,8,12,16,18-19H,3-5,7,9-11,13H2,1-2H3. The smallest absolute Gasteiger partial charge is 0.0401 e. The van der Waals surface area contributed by atoms with Gasteiger partial charge in [-0.05, 0) is 69.7 Å². The van der Waals surface area contributed by atoms with E-state index in [1.54, 1.807) is 5.56 Å². The summed E-state index contributed by atoms with van der Waals surface area (Å²) in [6.45, 7) is 8.08. The van der Waals surface area contributed by atoms with E-state index in [1.807, 2.05) is 0 Å². The minimum Gasteiger partial charge on any atom is -0.368 e. The second-order valence-electron chi connectivity index (χ2n) is 6.54. The molecule has 20 heavy (non-hydrogen) atoms. The van der Waals surface area contributed by atoms with Crippen LogP contribution in [0.4, 0.5) is 5.69 Å². The third kappa shape index (κ3) is 2.71. The van der Waals surface area contributed by atoms with Crippen LogP contribution in [0, 0.1) is 12.8 Å². The number of aryl methyl sites for hydroxylation is 2. The van der Waals surface area contributed by atoms with E-state index in [1.165, 1.54) is 63.0 Å². The first-order valence-corrected chi connectivity index (χ1v) is 8.36. The Morgan fingerprint density at radius 2 is 2.20 bits per heavy atom. The highest BCUT2D eigenvalue weighted by atomic mass is 15.2. The fraction of sp³-hybridized carbons (Fsp3) is 0.667. The maximum Gasteiger partial charge on any atom is 0.0401 e. The van der Waals surface area contributed by atoms with Gasteiger partial charge < -0.3 is 10.2 Å². The molecule has 0 amide bonds. The van der Waals surface area contributed by atoms with E-state index < -0.39 is 0 Å². The van der Waals surface area contributed by atoms with Crippen molar-refractivity contribution in [3.05, 3.63) is 29.3 Å². The van der Waals surface area contributed by atoms with Crippen molar-refractivity contribution in [3.63, 3.8) is 0 Å². The molecule has 2 heteroatoms. The molecule has 1 aliphatic carbocycles. The molecule has 2 nitrogen and oxygen atoms in total. The predicted octanol–water partition coefficient (Wildman–Crippen LogP) is 3.53. The molecule has 1 aromatic carbocycles. The van der Waals surface area contributed by atoms with Gasteiger partial charge in [-0.3, -0.25) is 0 Å². The molecule has 110 valence electrons. The molecule has 0 saturated heterocycles. The van der Waals surface area contributed by atoms with Crippen LogP contribution in [0.1, 0.15) is 43.7 Å². The van der Waals surface area contributed by atoms with E-state index in [4.69, 9.17) is 0 Å². The van der Waals surface area contributed by atoms with Gasteiger partial charge in [-0.1, -0.05) is 24.6 Å². The van der Waals surface area contributed by atoms with Crippen molar-refractivity contribution in [3.8, 4) is 0 Å². The average molecular weight is 272 g/mol. The first-order valence-electron chi connectivity index (χ1n) is 8.36. The molecule has 1 heterocycles. The summed E-state index contributed by atoms with van der Waals surface area (Å²) in [4.78, 5) is 2.71. The van der Waals surface area contributed by atoms with Crippen LogP contribution in [0.5, 0.6) is 0 Å². The Balaban J connectivity index is 1.69. The third-order valence-electron chi connectivity index (χ3n) is 5.00. The number of benzene rings is 1. The van der Waals surface area contributed by atoms with Gasteiger partial charge >= 0.3 is 0 Å².